The van der Waals surface area contributed by atoms with E-state index in [1.165, 1.54) is 24.2 Å². The standard InChI is InChI=1S/C18H21N3OS/c1-14-4-6-15(7-5-14)8-9-18(22)21(17-10-11-19-20-17)13-16-3-2-12-23-16/h4-11,16H,2-3,12-13H2,1H3,(H,19,20). The molecule has 0 aliphatic carbocycles. The number of thioether (sulfide) groups is 1. The quantitative estimate of drug-likeness (QED) is 0.853. The summed E-state index contributed by atoms with van der Waals surface area (Å²) in [6, 6.07) is 9.98. The number of anilines is 1. The molecule has 3 rings (SSSR count). The maximum atomic E-state index is 12.7. The number of nitrogens with zero attached hydrogens (tertiary/aromatic N) is 2. The highest BCUT2D eigenvalue weighted by molar-refractivity contribution is 8.00. The zero-order valence-electron chi connectivity index (χ0n) is 13.2. The van der Waals surface area contributed by atoms with Gasteiger partial charge in [-0.2, -0.15) is 16.9 Å². The van der Waals surface area contributed by atoms with Gasteiger partial charge in [0, 0.05) is 23.9 Å². The fourth-order valence-corrected chi connectivity index (χ4v) is 3.89. The summed E-state index contributed by atoms with van der Waals surface area (Å²) in [5, 5.41) is 7.40. The molecule has 1 aliphatic rings. The van der Waals surface area contributed by atoms with Gasteiger partial charge < -0.3 is 0 Å². The first-order valence-corrected chi connectivity index (χ1v) is 8.94. The molecule has 0 radical (unpaired) electrons. The van der Waals surface area contributed by atoms with E-state index in [9.17, 15) is 4.79 Å². The maximum absolute atomic E-state index is 12.7. The maximum Gasteiger partial charge on any atom is 0.252 e. The van der Waals surface area contributed by atoms with Gasteiger partial charge in [0.25, 0.3) is 5.91 Å². The Morgan fingerprint density at radius 3 is 2.87 bits per heavy atom. The molecule has 120 valence electrons. The van der Waals surface area contributed by atoms with Gasteiger partial charge in [0.1, 0.15) is 5.82 Å². The third-order valence-corrected chi connectivity index (χ3v) is 5.33. The average Bonchev–Trinajstić information content (AvgIpc) is 3.25. The Labute approximate surface area is 141 Å². The summed E-state index contributed by atoms with van der Waals surface area (Å²) in [6.07, 6.45) is 7.60. The number of amides is 1. The fourth-order valence-electron chi connectivity index (χ4n) is 2.63. The number of hydrogen-bond donors (Lipinski definition) is 1. The largest absolute Gasteiger partial charge is 0.292 e. The van der Waals surface area contributed by atoms with Crippen LogP contribution in [0.3, 0.4) is 0 Å². The van der Waals surface area contributed by atoms with Crippen LogP contribution in [0.4, 0.5) is 5.82 Å². The SMILES string of the molecule is Cc1ccc(C=CC(=O)N(CC2CCCS2)c2ccn[nH]2)cc1. The molecule has 23 heavy (non-hydrogen) atoms. The molecule has 1 aromatic carbocycles. The number of aromatic amines is 1. The molecule has 4 nitrogen and oxygen atoms in total. The van der Waals surface area contributed by atoms with Crippen molar-refractivity contribution in [1.82, 2.24) is 10.2 Å². The highest BCUT2D eigenvalue weighted by Crippen LogP contribution is 2.28. The van der Waals surface area contributed by atoms with Crippen LogP contribution in [0.2, 0.25) is 0 Å². The van der Waals surface area contributed by atoms with Gasteiger partial charge in [0.2, 0.25) is 0 Å². The van der Waals surface area contributed by atoms with Crippen LogP contribution in [-0.4, -0.2) is 33.7 Å². The first-order chi connectivity index (χ1) is 11.2. The van der Waals surface area contributed by atoms with E-state index in [0.717, 1.165) is 17.9 Å². The van der Waals surface area contributed by atoms with Crippen molar-refractivity contribution in [3.63, 3.8) is 0 Å². The number of benzene rings is 1. The van der Waals surface area contributed by atoms with Crippen LogP contribution >= 0.6 is 11.8 Å². The molecule has 1 N–H and O–H groups in total. The minimum absolute atomic E-state index is 0.0117. The van der Waals surface area contributed by atoms with Crippen molar-refractivity contribution in [1.29, 1.82) is 0 Å². The van der Waals surface area contributed by atoms with Gasteiger partial charge in [-0.1, -0.05) is 29.8 Å². The molecule has 1 aromatic heterocycles. The molecule has 2 aromatic rings. The van der Waals surface area contributed by atoms with Crippen molar-refractivity contribution in [3.05, 3.63) is 53.7 Å². The summed E-state index contributed by atoms with van der Waals surface area (Å²) in [6.45, 7) is 2.78. The van der Waals surface area contributed by atoms with Crippen LogP contribution in [0, 0.1) is 6.92 Å². The van der Waals surface area contributed by atoms with E-state index in [0.29, 0.717) is 5.25 Å². The summed E-state index contributed by atoms with van der Waals surface area (Å²) in [7, 11) is 0. The monoisotopic (exact) mass is 327 g/mol. The number of aryl methyl sites for hydroxylation is 1. The van der Waals surface area contributed by atoms with E-state index in [1.807, 2.05) is 48.2 Å². The summed E-state index contributed by atoms with van der Waals surface area (Å²) in [5.74, 6) is 1.94. The molecule has 1 saturated heterocycles. The lowest BCUT2D eigenvalue weighted by atomic mass is 10.1. The van der Waals surface area contributed by atoms with Gasteiger partial charge in [-0.3, -0.25) is 14.8 Å². The second kappa shape index (κ2) is 7.51. The lowest BCUT2D eigenvalue weighted by Crippen LogP contribution is -2.35. The minimum atomic E-state index is -0.0117. The smallest absolute Gasteiger partial charge is 0.252 e. The molecule has 1 unspecified atom stereocenters. The number of hydrogen-bond acceptors (Lipinski definition) is 3. The fraction of sp³-hybridized carbons (Fsp3) is 0.333. The Kier molecular flexibility index (Phi) is 5.18. The Morgan fingerprint density at radius 1 is 1.39 bits per heavy atom. The number of nitrogens with one attached hydrogen (secondary N) is 1. The van der Waals surface area contributed by atoms with Crippen LogP contribution in [0.1, 0.15) is 24.0 Å². The number of carbonyl (C=O) groups excluding carboxylic acids is 1. The highest BCUT2D eigenvalue weighted by Gasteiger charge is 2.23. The summed E-state index contributed by atoms with van der Waals surface area (Å²) in [5.41, 5.74) is 2.24. The van der Waals surface area contributed by atoms with Crippen LogP contribution in [-0.2, 0) is 4.79 Å². The molecular formula is C18H21N3OS. The van der Waals surface area contributed by atoms with Crippen LogP contribution < -0.4 is 4.90 Å². The van der Waals surface area contributed by atoms with E-state index in [2.05, 4.69) is 17.1 Å². The van der Waals surface area contributed by atoms with Crippen molar-refractivity contribution in [2.24, 2.45) is 0 Å². The second-order valence-electron chi connectivity index (χ2n) is 5.77. The molecule has 0 bridgehead atoms. The van der Waals surface area contributed by atoms with Gasteiger partial charge in [-0.15, -0.1) is 0 Å². The van der Waals surface area contributed by atoms with E-state index < -0.39 is 0 Å². The highest BCUT2D eigenvalue weighted by atomic mass is 32.2. The van der Waals surface area contributed by atoms with Gasteiger partial charge in [-0.05, 0) is 37.2 Å². The third kappa shape index (κ3) is 4.26. The number of aromatic nitrogens is 2. The number of H-pyrrole nitrogens is 1. The molecule has 1 amide bonds. The van der Waals surface area contributed by atoms with Crippen molar-refractivity contribution in [2.45, 2.75) is 25.0 Å². The zero-order valence-corrected chi connectivity index (χ0v) is 14.1. The van der Waals surface area contributed by atoms with Crippen LogP contribution in [0.15, 0.2) is 42.6 Å². The molecule has 0 spiro atoms. The van der Waals surface area contributed by atoms with Crippen molar-refractivity contribution >= 4 is 29.6 Å². The lowest BCUT2D eigenvalue weighted by molar-refractivity contribution is -0.114. The normalized spacial score (nSPS) is 17.7. The van der Waals surface area contributed by atoms with E-state index >= 15 is 0 Å². The van der Waals surface area contributed by atoms with E-state index in [-0.39, 0.29) is 5.91 Å². The Balaban J connectivity index is 1.72. The van der Waals surface area contributed by atoms with Gasteiger partial charge in [0.15, 0.2) is 0 Å². The lowest BCUT2D eigenvalue weighted by Gasteiger charge is -2.22. The van der Waals surface area contributed by atoms with Crippen LogP contribution in [0.25, 0.3) is 6.08 Å². The van der Waals surface area contributed by atoms with E-state index in [1.54, 1.807) is 17.2 Å². The number of rotatable bonds is 5. The van der Waals surface area contributed by atoms with Crippen molar-refractivity contribution in [2.75, 3.05) is 17.2 Å². The van der Waals surface area contributed by atoms with Gasteiger partial charge in [-0.25, -0.2) is 0 Å². The van der Waals surface area contributed by atoms with Crippen LogP contribution in [0.5, 0.6) is 0 Å². The zero-order chi connectivity index (χ0) is 16.1. The molecule has 1 aliphatic heterocycles. The molecule has 1 fully saturated rings. The third-order valence-electron chi connectivity index (χ3n) is 3.95. The van der Waals surface area contributed by atoms with E-state index in [4.69, 9.17) is 0 Å². The molecule has 1 atom stereocenters. The summed E-state index contributed by atoms with van der Waals surface area (Å²) >= 11 is 1.95. The van der Waals surface area contributed by atoms with Crippen molar-refractivity contribution in [3.8, 4) is 0 Å². The summed E-state index contributed by atoms with van der Waals surface area (Å²) in [4.78, 5) is 14.4. The molecular weight excluding hydrogens is 306 g/mol. The van der Waals surface area contributed by atoms with Crippen molar-refractivity contribution < 1.29 is 4.79 Å². The summed E-state index contributed by atoms with van der Waals surface area (Å²) < 4.78 is 0. The minimum Gasteiger partial charge on any atom is -0.292 e. The predicted octanol–water partition coefficient (Wildman–Crippen LogP) is 3.66. The average molecular weight is 327 g/mol. The Hall–Kier alpha value is -2.01. The number of carbonyl (C=O) groups is 1. The topological polar surface area (TPSA) is 49.0 Å². The first-order valence-electron chi connectivity index (χ1n) is 7.89. The molecule has 5 heteroatoms. The predicted molar refractivity (Wildman–Crippen MR) is 96.6 cm³/mol. The molecule has 0 saturated carbocycles. The first kappa shape index (κ1) is 15.9. The Bertz CT molecular complexity index is 658. The van der Waals surface area contributed by atoms with Gasteiger partial charge >= 0.3 is 0 Å². The Morgan fingerprint density at radius 2 is 2.22 bits per heavy atom. The molecule has 2 heterocycles. The second-order valence-corrected chi connectivity index (χ2v) is 7.18. The van der Waals surface area contributed by atoms with Gasteiger partial charge in [0.05, 0.1) is 6.20 Å².